The summed E-state index contributed by atoms with van der Waals surface area (Å²) >= 11 is 12.3. The number of hydrogen-bond acceptors (Lipinski definition) is 7. The number of halogens is 2. The van der Waals surface area contributed by atoms with Crippen LogP contribution in [0, 0.1) is 16.7 Å². The fraction of sp³-hybridized carbons (Fsp3) is 0.182. The molecule has 0 aliphatic carbocycles. The molecule has 0 bridgehead atoms. The van der Waals surface area contributed by atoms with Gasteiger partial charge in [-0.2, -0.15) is 5.26 Å². The number of ether oxygens (including phenoxy) is 1. The molecule has 0 atom stereocenters. The molecule has 0 unspecified atom stereocenters. The molecule has 3 aromatic rings. The van der Waals surface area contributed by atoms with Crippen molar-refractivity contribution in [3.05, 3.63) is 75.2 Å². The molecule has 1 aliphatic heterocycles. The summed E-state index contributed by atoms with van der Waals surface area (Å²) in [7, 11) is 0. The van der Waals surface area contributed by atoms with E-state index < -0.39 is 0 Å². The Labute approximate surface area is 189 Å². The van der Waals surface area contributed by atoms with Gasteiger partial charge in [0.15, 0.2) is 0 Å². The van der Waals surface area contributed by atoms with Crippen LogP contribution in [0.5, 0.6) is 5.75 Å². The average molecular weight is 453 g/mol. The predicted molar refractivity (Wildman–Crippen MR) is 121 cm³/mol. The van der Waals surface area contributed by atoms with Gasteiger partial charge in [0.2, 0.25) is 0 Å². The van der Waals surface area contributed by atoms with Gasteiger partial charge >= 0.3 is 0 Å². The van der Waals surface area contributed by atoms with E-state index in [1.54, 1.807) is 30.5 Å². The third-order valence-corrected chi connectivity index (χ3v) is 5.71. The van der Waals surface area contributed by atoms with Crippen molar-refractivity contribution in [2.75, 3.05) is 23.7 Å². The Morgan fingerprint density at radius 3 is 2.58 bits per heavy atom. The van der Waals surface area contributed by atoms with Crippen LogP contribution in [0.3, 0.4) is 0 Å². The van der Waals surface area contributed by atoms with Crippen molar-refractivity contribution >= 4 is 40.4 Å². The first-order valence-electron chi connectivity index (χ1n) is 9.52. The Morgan fingerprint density at radius 1 is 1.19 bits per heavy atom. The molecular formula is C22H18Cl2N6O. The fourth-order valence-corrected chi connectivity index (χ4v) is 3.66. The third kappa shape index (κ3) is 4.26. The molecule has 0 amide bonds. The molecule has 0 saturated carbocycles. The van der Waals surface area contributed by atoms with Crippen molar-refractivity contribution in [3.63, 3.8) is 0 Å². The van der Waals surface area contributed by atoms with Crippen molar-refractivity contribution in [1.82, 2.24) is 9.97 Å². The quantitative estimate of drug-likeness (QED) is 0.422. The van der Waals surface area contributed by atoms with Gasteiger partial charge in [-0.15, -0.1) is 0 Å². The number of nitriles is 1. The van der Waals surface area contributed by atoms with E-state index in [0.29, 0.717) is 49.6 Å². The lowest BCUT2D eigenvalue weighted by Gasteiger charge is -2.32. The summed E-state index contributed by atoms with van der Waals surface area (Å²) in [5.41, 5.74) is 8.74. The van der Waals surface area contributed by atoms with Gasteiger partial charge in [0.05, 0.1) is 21.3 Å². The summed E-state index contributed by atoms with van der Waals surface area (Å²) in [5.74, 6) is 1.16. The molecule has 1 aromatic carbocycles. The van der Waals surface area contributed by atoms with Crippen LogP contribution < -0.4 is 15.4 Å². The van der Waals surface area contributed by atoms with Crippen LogP contribution in [0.4, 0.5) is 11.5 Å². The summed E-state index contributed by atoms with van der Waals surface area (Å²) in [6, 6.07) is 8.91. The van der Waals surface area contributed by atoms with Crippen molar-refractivity contribution in [2.24, 2.45) is 0 Å². The highest BCUT2D eigenvalue weighted by molar-refractivity contribution is 6.35. The number of anilines is 2. The Hall–Kier alpha value is -3.34. The maximum atomic E-state index is 9.53. The Bertz CT molecular complexity index is 1180. The maximum absolute atomic E-state index is 9.53. The van der Waals surface area contributed by atoms with Crippen molar-refractivity contribution in [3.8, 4) is 11.8 Å². The highest BCUT2D eigenvalue weighted by Gasteiger charge is 2.21. The lowest BCUT2D eigenvalue weighted by molar-refractivity contribution is 0.306. The summed E-state index contributed by atoms with van der Waals surface area (Å²) in [6.45, 7) is 1.91. The lowest BCUT2D eigenvalue weighted by atomic mass is 10.0. The zero-order chi connectivity index (χ0) is 22.0. The number of aromatic nitrogens is 2. The maximum Gasteiger partial charge on any atom is 0.146 e. The molecule has 0 spiro atoms. The zero-order valence-electron chi connectivity index (χ0n) is 16.4. The molecular weight excluding hydrogens is 435 g/mol. The normalized spacial score (nSPS) is 12.7. The molecule has 7 nitrogen and oxygen atoms in total. The van der Waals surface area contributed by atoms with Gasteiger partial charge < -0.3 is 15.4 Å². The van der Waals surface area contributed by atoms with Crippen LogP contribution in [0.25, 0.3) is 0 Å². The Kier molecular flexibility index (Phi) is 5.94. The van der Waals surface area contributed by atoms with E-state index in [-0.39, 0.29) is 12.3 Å². The van der Waals surface area contributed by atoms with Crippen molar-refractivity contribution in [1.29, 1.82) is 10.7 Å². The van der Waals surface area contributed by atoms with Gasteiger partial charge in [0, 0.05) is 54.1 Å². The molecule has 1 fully saturated rings. The van der Waals surface area contributed by atoms with Crippen LogP contribution in [0.2, 0.25) is 10.0 Å². The number of nitrogens with two attached hydrogens (primary N) is 1. The fourth-order valence-electron chi connectivity index (χ4n) is 3.19. The highest BCUT2D eigenvalue weighted by atomic mass is 35.5. The molecule has 2 aromatic heterocycles. The number of pyridine rings is 2. The van der Waals surface area contributed by atoms with E-state index in [9.17, 15) is 5.26 Å². The largest absolute Gasteiger partial charge is 0.489 e. The summed E-state index contributed by atoms with van der Waals surface area (Å²) in [6.07, 6.45) is 5.68. The van der Waals surface area contributed by atoms with Gasteiger partial charge in [-0.3, -0.25) is 10.4 Å². The summed E-state index contributed by atoms with van der Waals surface area (Å²) in [4.78, 5) is 10.4. The van der Waals surface area contributed by atoms with Gasteiger partial charge in [-0.25, -0.2) is 4.98 Å². The molecule has 3 N–H and O–H groups in total. The number of nitrogen functional groups attached to an aromatic ring is 1. The number of nitrogens with one attached hydrogen (secondary N) is 1. The summed E-state index contributed by atoms with van der Waals surface area (Å²) in [5, 5.41) is 19.0. The molecule has 1 saturated heterocycles. The molecule has 9 heteroatoms. The molecule has 1 aliphatic rings. The monoisotopic (exact) mass is 452 g/mol. The number of nitrogens with zero attached hydrogens (tertiary/aromatic N) is 4. The van der Waals surface area contributed by atoms with Crippen LogP contribution in [0.15, 0.2) is 42.9 Å². The predicted octanol–water partition coefficient (Wildman–Crippen LogP) is 4.44. The van der Waals surface area contributed by atoms with E-state index in [0.717, 1.165) is 19.5 Å². The molecule has 4 rings (SSSR count). The first kappa shape index (κ1) is 20.9. The SMILES string of the molecule is N#Cc1cc(C(=N)c2cc(OCc3c(Cl)cncc3Cl)ccc2N)cnc1N1CCC1. The smallest absolute Gasteiger partial charge is 0.146 e. The standard InChI is InChI=1S/C22H18Cl2N6O/c23-18-10-28-11-19(24)17(18)12-31-15-2-3-20(26)16(7-15)21(27)14-6-13(8-25)22(29-9-14)30-4-1-5-30/h2-3,6-7,9-11,27H,1,4-5,12,26H2. The molecule has 31 heavy (non-hydrogen) atoms. The Morgan fingerprint density at radius 2 is 1.94 bits per heavy atom. The third-order valence-electron chi connectivity index (χ3n) is 5.06. The zero-order valence-corrected chi connectivity index (χ0v) is 17.9. The van der Waals surface area contributed by atoms with E-state index in [2.05, 4.69) is 16.0 Å². The number of rotatable bonds is 6. The van der Waals surface area contributed by atoms with E-state index in [4.69, 9.17) is 39.1 Å². The lowest BCUT2D eigenvalue weighted by Crippen LogP contribution is -2.38. The number of hydrogen-bond donors (Lipinski definition) is 2. The van der Waals surface area contributed by atoms with Crippen molar-refractivity contribution < 1.29 is 4.74 Å². The highest BCUT2D eigenvalue weighted by Crippen LogP contribution is 2.28. The van der Waals surface area contributed by atoms with E-state index in [1.807, 2.05) is 4.90 Å². The van der Waals surface area contributed by atoms with Crippen LogP contribution >= 0.6 is 23.2 Å². The minimum atomic E-state index is 0.140. The number of benzene rings is 1. The second-order valence-electron chi connectivity index (χ2n) is 7.04. The van der Waals surface area contributed by atoms with Crippen LogP contribution in [-0.4, -0.2) is 28.8 Å². The first-order valence-corrected chi connectivity index (χ1v) is 10.3. The van der Waals surface area contributed by atoms with Crippen LogP contribution in [-0.2, 0) is 6.61 Å². The molecule has 0 radical (unpaired) electrons. The minimum absolute atomic E-state index is 0.140. The van der Waals surface area contributed by atoms with E-state index in [1.165, 1.54) is 12.4 Å². The molecule has 156 valence electrons. The van der Waals surface area contributed by atoms with Gasteiger partial charge in [-0.1, -0.05) is 23.2 Å². The Balaban J connectivity index is 1.58. The van der Waals surface area contributed by atoms with E-state index >= 15 is 0 Å². The first-order chi connectivity index (χ1) is 15.0. The van der Waals surface area contributed by atoms with Crippen LogP contribution in [0.1, 0.15) is 28.7 Å². The van der Waals surface area contributed by atoms with Crippen molar-refractivity contribution in [2.45, 2.75) is 13.0 Å². The van der Waals surface area contributed by atoms with Gasteiger partial charge in [-0.05, 0) is 30.7 Å². The summed E-state index contributed by atoms with van der Waals surface area (Å²) < 4.78 is 5.83. The van der Waals surface area contributed by atoms with Gasteiger partial charge in [0.1, 0.15) is 24.2 Å². The topological polar surface area (TPSA) is 112 Å². The average Bonchev–Trinajstić information content (AvgIpc) is 2.73. The second-order valence-corrected chi connectivity index (χ2v) is 7.86. The second kappa shape index (κ2) is 8.80. The molecule has 3 heterocycles. The minimum Gasteiger partial charge on any atom is -0.489 e. The van der Waals surface area contributed by atoms with Gasteiger partial charge in [0.25, 0.3) is 0 Å².